The Balaban J connectivity index is 0.00000289. The van der Waals surface area contributed by atoms with Crippen molar-refractivity contribution >= 4 is 5.57 Å². The fraction of sp³-hybridized carbons (Fsp3) is 0.412. The molecule has 0 nitrogen and oxygen atoms in total. The second kappa shape index (κ2) is 8.48. The zero-order valence-electron chi connectivity index (χ0n) is 11.8. The zero-order valence-corrected chi connectivity index (χ0v) is 14.7. The van der Waals surface area contributed by atoms with Crippen molar-refractivity contribution in [1.29, 1.82) is 0 Å². The second-order valence-corrected chi connectivity index (χ2v) is 5.10. The molecule has 0 amide bonds. The van der Waals surface area contributed by atoms with E-state index in [9.17, 15) is 0 Å². The van der Waals surface area contributed by atoms with Gasteiger partial charge in [-0.05, 0) is 33.1 Å². The first-order valence-corrected chi connectivity index (χ1v) is 6.22. The van der Waals surface area contributed by atoms with Gasteiger partial charge in [0.1, 0.15) is 0 Å². The van der Waals surface area contributed by atoms with Gasteiger partial charge in [0.2, 0.25) is 0 Å². The monoisotopic (exact) mass is 410 g/mol. The summed E-state index contributed by atoms with van der Waals surface area (Å²) in [7, 11) is 0. The van der Waals surface area contributed by atoms with Gasteiger partial charge in [0.15, 0.2) is 0 Å². The SMILES string of the molecule is [CH-]=C(CC(C)CC(C)=C(C)C)c1[c-]cccc1.[W+2]. The van der Waals surface area contributed by atoms with Crippen molar-refractivity contribution in [3.63, 3.8) is 0 Å². The molecule has 1 rings (SSSR count). The molecule has 1 aromatic carbocycles. The average Bonchev–Trinajstić information content (AvgIpc) is 2.29. The van der Waals surface area contributed by atoms with Crippen LogP contribution in [0.1, 0.15) is 46.1 Å². The van der Waals surface area contributed by atoms with E-state index < -0.39 is 0 Å². The van der Waals surface area contributed by atoms with Crippen molar-refractivity contribution in [3.8, 4) is 0 Å². The maximum atomic E-state index is 6.12. The molecule has 18 heavy (non-hydrogen) atoms. The number of hydrogen-bond donors (Lipinski definition) is 0. The maximum absolute atomic E-state index is 6.12. The van der Waals surface area contributed by atoms with Crippen LogP contribution in [-0.4, -0.2) is 0 Å². The van der Waals surface area contributed by atoms with Gasteiger partial charge in [-0.25, -0.2) is 12.1 Å². The summed E-state index contributed by atoms with van der Waals surface area (Å²) in [5, 5.41) is 0. The number of rotatable bonds is 5. The Morgan fingerprint density at radius 2 is 1.89 bits per heavy atom. The summed E-state index contributed by atoms with van der Waals surface area (Å²) in [4.78, 5) is 0. The van der Waals surface area contributed by atoms with Crippen molar-refractivity contribution in [2.24, 2.45) is 5.92 Å². The molecule has 0 aliphatic rings. The Labute approximate surface area is 126 Å². The summed E-state index contributed by atoms with van der Waals surface area (Å²) in [6.07, 6.45) is 2.06. The van der Waals surface area contributed by atoms with Gasteiger partial charge in [0, 0.05) is 0 Å². The van der Waals surface area contributed by atoms with Gasteiger partial charge in [-0.3, -0.25) is 0 Å². The van der Waals surface area contributed by atoms with E-state index in [1.807, 2.05) is 24.3 Å². The summed E-state index contributed by atoms with van der Waals surface area (Å²) in [6.45, 7) is 14.9. The summed E-state index contributed by atoms with van der Waals surface area (Å²) in [6, 6.07) is 11.1. The first-order chi connectivity index (χ1) is 8.00. The van der Waals surface area contributed by atoms with Crippen molar-refractivity contribution in [1.82, 2.24) is 0 Å². The molecule has 0 aliphatic heterocycles. The molecule has 0 spiro atoms. The second-order valence-electron chi connectivity index (χ2n) is 5.10. The normalized spacial score (nSPS) is 11.3. The first kappa shape index (κ1) is 17.4. The summed E-state index contributed by atoms with van der Waals surface area (Å²) >= 11 is 0. The zero-order chi connectivity index (χ0) is 12.8. The van der Waals surface area contributed by atoms with Crippen LogP contribution in [0.4, 0.5) is 0 Å². The van der Waals surface area contributed by atoms with Crippen LogP contribution in [0.5, 0.6) is 0 Å². The van der Waals surface area contributed by atoms with Crippen LogP contribution < -0.4 is 0 Å². The van der Waals surface area contributed by atoms with E-state index in [1.165, 1.54) is 11.1 Å². The predicted octanol–water partition coefficient (Wildman–Crippen LogP) is 5.07. The number of benzene rings is 1. The Morgan fingerprint density at radius 3 is 2.39 bits per heavy atom. The Morgan fingerprint density at radius 1 is 1.22 bits per heavy atom. The van der Waals surface area contributed by atoms with Crippen LogP contribution >= 0.6 is 0 Å². The van der Waals surface area contributed by atoms with Crippen LogP contribution in [0.15, 0.2) is 35.4 Å². The predicted molar refractivity (Wildman–Crippen MR) is 75.4 cm³/mol. The molecule has 1 atom stereocenters. The van der Waals surface area contributed by atoms with E-state index in [0.29, 0.717) is 5.92 Å². The third-order valence-electron chi connectivity index (χ3n) is 3.13. The molecule has 1 unspecified atom stereocenters. The van der Waals surface area contributed by atoms with Crippen LogP contribution in [-0.2, 0) is 21.1 Å². The molecule has 0 heterocycles. The van der Waals surface area contributed by atoms with Gasteiger partial charge in [-0.1, -0.05) is 24.5 Å². The molecule has 0 saturated carbocycles. The molecular weight excluding hydrogens is 388 g/mol. The standard InChI is InChI=1S/C17H22.W/c1-13(2)15(4)11-14(3)12-16(5)17-9-7-6-8-10-17;/h5-9,14H,11-12H2,1-4H3;/q-2;+2. The topological polar surface area (TPSA) is 0 Å². The van der Waals surface area contributed by atoms with E-state index in [2.05, 4.69) is 33.8 Å². The number of allylic oxidation sites excluding steroid dienone is 3. The Bertz CT molecular complexity index is 397. The molecule has 0 aromatic heterocycles. The molecule has 0 N–H and O–H groups in total. The third-order valence-corrected chi connectivity index (χ3v) is 3.13. The molecule has 0 aliphatic carbocycles. The van der Waals surface area contributed by atoms with Crippen LogP contribution in [0.2, 0.25) is 0 Å². The van der Waals surface area contributed by atoms with Crippen LogP contribution in [0.3, 0.4) is 0 Å². The fourth-order valence-electron chi connectivity index (χ4n) is 1.88. The van der Waals surface area contributed by atoms with Gasteiger partial charge < -0.3 is 17.7 Å². The molecule has 1 heteroatoms. The largest absolute Gasteiger partial charge is 2.00 e. The van der Waals surface area contributed by atoms with Crippen molar-refractivity contribution in [2.75, 3.05) is 0 Å². The van der Waals surface area contributed by atoms with E-state index in [1.54, 1.807) is 0 Å². The third kappa shape index (κ3) is 5.82. The molecule has 0 bridgehead atoms. The fourth-order valence-corrected chi connectivity index (χ4v) is 1.88. The van der Waals surface area contributed by atoms with Crippen LogP contribution in [0.25, 0.3) is 5.57 Å². The molecule has 0 saturated heterocycles. The molecule has 96 valence electrons. The molecule has 0 fully saturated rings. The summed E-state index contributed by atoms with van der Waals surface area (Å²) < 4.78 is 0. The Hall–Kier alpha value is -0.612. The quantitative estimate of drug-likeness (QED) is 0.470. The van der Waals surface area contributed by atoms with E-state index >= 15 is 0 Å². The van der Waals surface area contributed by atoms with Gasteiger partial charge in [-0.2, -0.15) is 12.1 Å². The van der Waals surface area contributed by atoms with Crippen molar-refractivity contribution in [3.05, 3.63) is 53.6 Å². The minimum atomic E-state index is 0. The summed E-state index contributed by atoms with van der Waals surface area (Å²) in [5.74, 6) is 0.582. The smallest absolute Gasteiger partial charge is 0.341 e. The van der Waals surface area contributed by atoms with Crippen LogP contribution in [0, 0.1) is 18.6 Å². The van der Waals surface area contributed by atoms with Gasteiger partial charge >= 0.3 is 21.1 Å². The molecule has 1 aromatic rings. The minimum Gasteiger partial charge on any atom is -0.341 e. The van der Waals surface area contributed by atoms with Crippen molar-refractivity contribution < 1.29 is 21.1 Å². The van der Waals surface area contributed by atoms with Gasteiger partial charge in [-0.15, -0.1) is 6.07 Å². The van der Waals surface area contributed by atoms with Gasteiger partial charge in [0.05, 0.1) is 0 Å². The van der Waals surface area contributed by atoms with E-state index in [-0.39, 0.29) is 21.1 Å². The molecular formula is C17H22W. The molecule has 0 radical (unpaired) electrons. The van der Waals surface area contributed by atoms with E-state index in [0.717, 1.165) is 24.0 Å². The average molecular weight is 410 g/mol. The summed E-state index contributed by atoms with van der Waals surface area (Å²) in [5.41, 5.74) is 4.87. The van der Waals surface area contributed by atoms with Gasteiger partial charge in [0.25, 0.3) is 0 Å². The number of hydrogen-bond acceptors (Lipinski definition) is 0. The first-order valence-electron chi connectivity index (χ1n) is 6.22. The minimum absolute atomic E-state index is 0. The Kier molecular flexibility index (Phi) is 8.19. The maximum Gasteiger partial charge on any atom is 2.00 e. The van der Waals surface area contributed by atoms with E-state index in [4.69, 9.17) is 6.58 Å². The van der Waals surface area contributed by atoms with Crippen molar-refractivity contribution in [2.45, 2.75) is 40.5 Å².